The molecule has 1 saturated heterocycles. The second-order valence-electron chi connectivity index (χ2n) is 5.36. The number of ether oxygens (including phenoxy) is 1. The van der Waals surface area contributed by atoms with Crippen LogP contribution in [-0.2, 0) is 4.74 Å². The molecule has 24 heavy (non-hydrogen) atoms. The summed E-state index contributed by atoms with van der Waals surface area (Å²) in [5, 5.41) is 0. The van der Waals surface area contributed by atoms with Crippen molar-refractivity contribution in [2.75, 3.05) is 49.2 Å². The zero-order valence-electron chi connectivity index (χ0n) is 15.4. The van der Waals surface area contributed by atoms with Crippen LogP contribution >= 0.6 is 0 Å². The lowest BCUT2D eigenvalue weighted by molar-refractivity contribution is 0.0995. The second-order valence-corrected chi connectivity index (χ2v) is 5.36. The van der Waals surface area contributed by atoms with Crippen molar-refractivity contribution in [3.05, 3.63) is 11.8 Å². The van der Waals surface area contributed by atoms with Gasteiger partial charge >= 0.3 is 0 Å². The van der Waals surface area contributed by atoms with Gasteiger partial charge in [-0.25, -0.2) is 4.98 Å². The molecule has 1 aliphatic rings. The van der Waals surface area contributed by atoms with Crippen LogP contribution in [0.5, 0.6) is 0 Å². The van der Waals surface area contributed by atoms with Crippen LogP contribution in [0.1, 0.15) is 51.0 Å². The summed E-state index contributed by atoms with van der Waals surface area (Å²) in [6.07, 6.45) is 1.99. The molecule has 7 heteroatoms. The fraction of sp³-hybridized carbons (Fsp3) is 0.706. The van der Waals surface area contributed by atoms with E-state index in [1.807, 2.05) is 13.8 Å². The second kappa shape index (κ2) is 10.8. The number of rotatable bonds is 7. The van der Waals surface area contributed by atoms with E-state index in [0.29, 0.717) is 19.2 Å². The van der Waals surface area contributed by atoms with Crippen LogP contribution in [0.2, 0.25) is 0 Å². The quantitative estimate of drug-likeness (QED) is 0.820. The van der Waals surface area contributed by atoms with Gasteiger partial charge in [0, 0.05) is 32.2 Å². The van der Waals surface area contributed by atoms with Crippen LogP contribution in [0.25, 0.3) is 0 Å². The predicted octanol–water partition coefficient (Wildman–Crippen LogP) is 2.06. The Bertz CT molecular complexity index is 498. The fourth-order valence-corrected chi connectivity index (χ4v) is 2.50. The molecule has 136 valence electrons. The largest absolute Gasteiger partial charge is 0.378 e. The van der Waals surface area contributed by atoms with E-state index in [-0.39, 0.29) is 5.69 Å². The van der Waals surface area contributed by atoms with Crippen molar-refractivity contribution >= 4 is 17.7 Å². The number of nitrogens with zero attached hydrogens (tertiary/aromatic N) is 4. The number of primary amides is 1. The van der Waals surface area contributed by atoms with Crippen molar-refractivity contribution in [2.24, 2.45) is 5.73 Å². The lowest BCUT2D eigenvalue weighted by Gasteiger charge is -2.29. The first kappa shape index (κ1) is 20.2. The van der Waals surface area contributed by atoms with Gasteiger partial charge in [0.1, 0.15) is 11.5 Å². The number of carbonyl (C=O) groups is 1. The van der Waals surface area contributed by atoms with Crippen molar-refractivity contribution in [2.45, 2.75) is 40.5 Å². The van der Waals surface area contributed by atoms with Crippen LogP contribution < -0.4 is 15.5 Å². The van der Waals surface area contributed by atoms with Crippen molar-refractivity contribution < 1.29 is 9.53 Å². The monoisotopic (exact) mass is 337 g/mol. The summed E-state index contributed by atoms with van der Waals surface area (Å²) in [6, 6.07) is 1.67. The molecule has 2 heterocycles. The third-order valence-electron chi connectivity index (χ3n) is 3.56. The van der Waals surface area contributed by atoms with Gasteiger partial charge in [-0.15, -0.1) is 0 Å². The van der Waals surface area contributed by atoms with Gasteiger partial charge in [-0.05, 0) is 12.8 Å². The molecule has 0 aromatic carbocycles. The first-order valence-electron chi connectivity index (χ1n) is 8.92. The molecule has 1 aliphatic heterocycles. The molecule has 1 fully saturated rings. The maximum absolute atomic E-state index is 11.6. The molecule has 0 atom stereocenters. The van der Waals surface area contributed by atoms with Crippen molar-refractivity contribution in [1.29, 1.82) is 0 Å². The highest BCUT2D eigenvalue weighted by Crippen LogP contribution is 2.19. The summed E-state index contributed by atoms with van der Waals surface area (Å²) in [4.78, 5) is 24.8. The summed E-state index contributed by atoms with van der Waals surface area (Å²) < 4.78 is 5.37. The highest BCUT2D eigenvalue weighted by molar-refractivity contribution is 5.91. The molecular formula is C17H31N5O2. The molecular weight excluding hydrogens is 306 g/mol. The van der Waals surface area contributed by atoms with Crippen molar-refractivity contribution in [1.82, 2.24) is 9.97 Å². The number of anilines is 2. The smallest absolute Gasteiger partial charge is 0.267 e. The van der Waals surface area contributed by atoms with Crippen LogP contribution in [0.3, 0.4) is 0 Å². The van der Waals surface area contributed by atoms with E-state index in [1.54, 1.807) is 6.07 Å². The average Bonchev–Trinajstić information content (AvgIpc) is 2.63. The van der Waals surface area contributed by atoms with E-state index >= 15 is 0 Å². The van der Waals surface area contributed by atoms with Gasteiger partial charge in [0.25, 0.3) is 5.91 Å². The van der Waals surface area contributed by atoms with Crippen LogP contribution in [0, 0.1) is 0 Å². The zero-order chi connectivity index (χ0) is 17.9. The highest BCUT2D eigenvalue weighted by Gasteiger charge is 2.18. The molecule has 0 spiro atoms. The zero-order valence-corrected chi connectivity index (χ0v) is 15.4. The third kappa shape index (κ3) is 5.63. The molecule has 1 amide bonds. The van der Waals surface area contributed by atoms with Crippen LogP contribution in [0.4, 0.5) is 11.8 Å². The Kier molecular flexibility index (Phi) is 9.07. The lowest BCUT2D eigenvalue weighted by Crippen LogP contribution is -2.37. The topological polar surface area (TPSA) is 84.6 Å². The van der Waals surface area contributed by atoms with Gasteiger partial charge in [-0.1, -0.05) is 27.7 Å². The fourth-order valence-electron chi connectivity index (χ4n) is 2.50. The first-order chi connectivity index (χ1) is 11.7. The van der Waals surface area contributed by atoms with Crippen molar-refractivity contribution in [3.63, 3.8) is 0 Å². The summed E-state index contributed by atoms with van der Waals surface area (Å²) in [5.74, 6) is 0.812. The van der Waals surface area contributed by atoms with E-state index in [1.165, 1.54) is 0 Å². The molecule has 2 N–H and O–H groups in total. The molecule has 0 bridgehead atoms. The highest BCUT2D eigenvalue weighted by atomic mass is 16.5. The van der Waals surface area contributed by atoms with E-state index in [0.717, 1.165) is 44.8 Å². The molecule has 0 saturated carbocycles. The number of nitrogens with two attached hydrogens (primary N) is 1. The number of hydrogen-bond donors (Lipinski definition) is 1. The minimum Gasteiger partial charge on any atom is -0.378 e. The molecule has 1 aromatic heterocycles. The van der Waals surface area contributed by atoms with Gasteiger partial charge in [0.15, 0.2) is 0 Å². The van der Waals surface area contributed by atoms with Gasteiger partial charge in [-0.2, -0.15) is 4.98 Å². The molecule has 0 aliphatic carbocycles. The van der Waals surface area contributed by atoms with Gasteiger partial charge in [-0.3, -0.25) is 4.79 Å². The Morgan fingerprint density at radius 1 is 1.21 bits per heavy atom. The summed E-state index contributed by atoms with van der Waals surface area (Å²) in [5.41, 5.74) is 5.71. The number of aromatic nitrogens is 2. The average molecular weight is 337 g/mol. The summed E-state index contributed by atoms with van der Waals surface area (Å²) >= 11 is 0. The van der Waals surface area contributed by atoms with Crippen LogP contribution in [-0.4, -0.2) is 55.3 Å². The minimum atomic E-state index is -0.522. The molecule has 0 radical (unpaired) electrons. The minimum absolute atomic E-state index is 0.267. The number of amides is 1. The van der Waals surface area contributed by atoms with E-state index in [4.69, 9.17) is 10.5 Å². The molecule has 7 nitrogen and oxygen atoms in total. The Balaban J connectivity index is 0.00000139. The standard InChI is InChI=1S/C15H25N5O2.C2H6/c1-3-5-20(6-4-2)15-17-12(14(16)21)11-13(18-15)19-7-9-22-10-8-19;1-2/h11H,3-10H2,1-2H3,(H2,16,21);1-2H3. The first-order valence-corrected chi connectivity index (χ1v) is 8.92. The van der Waals surface area contributed by atoms with Gasteiger partial charge in [0.2, 0.25) is 5.95 Å². The number of hydrogen-bond acceptors (Lipinski definition) is 6. The Hall–Kier alpha value is -1.89. The molecule has 1 aromatic rings. The predicted molar refractivity (Wildman–Crippen MR) is 97.7 cm³/mol. The van der Waals surface area contributed by atoms with E-state index in [2.05, 4.69) is 33.6 Å². The maximum atomic E-state index is 11.6. The maximum Gasteiger partial charge on any atom is 0.267 e. The van der Waals surface area contributed by atoms with Gasteiger partial charge < -0.3 is 20.3 Å². The van der Waals surface area contributed by atoms with E-state index in [9.17, 15) is 4.79 Å². The normalized spacial score (nSPS) is 13.9. The Morgan fingerprint density at radius 3 is 2.29 bits per heavy atom. The Morgan fingerprint density at radius 2 is 1.79 bits per heavy atom. The molecule has 2 rings (SSSR count). The van der Waals surface area contributed by atoms with Gasteiger partial charge in [0.05, 0.1) is 13.2 Å². The number of morpholine rings is 1. The SMILES string of the molecule is CC.CCCN(CCC)c1nc(C(N)=O)cc(N2CCOCC2)n1. The third-order valence-corrected chi connectivity index (χ3v) is 3.56. The summed E-state index contributed by atoms with van der Waals surface area (Å²) in [7, 11) is 0. The summed E-state index contributed by atoms with van der Waals surface area (Å²) in [6.45, 7) is 12.8. The van der Waals surface area contributed by atoms with Crippen LogP contribution in [0.15, 0.2) is 6.07 Å². The number of carbonyl (C=O) groups excluding carboxylic acids is 1. The lowest BCUT2D eigenvalue weighted by atomic mass is 10.3. The van der Waals surface area contributed by atoms with Crippen molar-refractivity contribution in [3.8, 4) is 0 Å². The van der Waals surface area contributed by atoms with E-state index < -0.39 is 5.91 Å². The Labute approximate surface area is 145 Å². The molecule has 0 unspecified atom stereocenters.